The van der Waals surface area contributed by atoms with E-state index in [1.54, 1.807) is 0 Å². The third-order valence-corrected chi connectivity index (χ3v) is 7.09. The van der Waals surface area contributed by atoms with Crippen LogP contribution in [0.5, 0.6) is 0 Å². The Morgan fingerprint density at radius 1 is 1.09 bits per heavy atom. The molecule has 4 bridgehead atoms. The molecular weight excluding hydrogens is 272 g/mol. The number of amides is 1. The summed E-state index contributed by atoms with van der Waals surface area (Å²) in [5.74, 6) is 3.62. The van der Waals surface area contributed by atoms with Gasteiger partial charge < -0.3 is 10.2 Å². The minimum absolute atomic E-state index is 0.259. The molecule has 124 valence electrons. The normalized spacial score (nSPS) is 46.7. The first-order valence-electron chi connectivity index (χ1n) is 9.51. The van der Waals surface area contributed by atoms with Gasteiger partial charge in [0.05, 0.1) is 0 Å². The number of carbonyl (C=O) groups excluding carboxylic acids is 1. The molecule has 1 N–H and O–H groups in total. The summed E-state index contributed by atoms with van der Waals surface area (Å²) in [5, 5.41) is 3.46. The number of nitrogens with one attached hydrogen (secondary N) is 1. The van der Waals surface area contributed by atoms with E-state index in [4.69, 9.17) is 0 Å². The topological polar surface area (TPSA) is 32.3 Å². The van der Waals surface area contributed by atoms with Crippen LogP contribution in [0, 0.1) is 29.1 Å². The summed E-state index contributed by atoms with van der Waals surface area (Å²) >= 11 is 0. The van der Waals surface area contributed by atoms with Gasteiger partial charge in [-0.2, -0.15) is 0 Å². The Morgan fingerprint density at radius 3 is 2.23 bits per heavy atom. The fourth-order valence-electron chi connectivity index (χ4n) is 6.73. The Bertz CT molecular complexity index is 411. The second kappa shape index (κ2) is 5.51. The van der Waals surface area contributed by atoms with Gasteiger partial charge in [0.1, 0.15) is 0 Å². The maximum absolute atomic E-state index is 12.9. The van der Waals surface area contributed by atoms with Crippen molar-refractivity contribution in [2.75, 3.05) is 20.1 Å². The molecule has 5 fully saturated rings. The van der Waals surface area contributed by atoms with Gasteiger partial charge >= 0.3 is 0 Å². The van der Waals surface area contributed by atoms with E-state index in [0.29, 0.717) is 17.4 Å². The fraction of sp³-hybridized carbons (Fsp3) is 0.947. The zero-order valence-corrected chi connectivity index (χ0v) is 14.3. The van der Waals surface area contributed by atoms with Crippen molar-refractivity contribution in [1.82, 2.24) is 10.2 Å². The van der Waals surface area contributed by atoms with Crippen LogP contribution < -0.4 is 5.32 Å². The van der Waals surface area contributed by atoms with Crippen LogP contribution in [0.3, 0.4) is 0 Å². The van der Waals surface area contributed by atoms with Gasteiger partial charge in [-0.05, 0) is 88.0 Å². The average molecular weight is 304 g/mol. The minimum atomic E-state index is 0.259. The largest absolute Gasteiger partial charge is 0.345 e. The molecule has 3 nitrogen and oxygen atoms in total. The van der Waals surface area contributed by atoms with E-state index in [0.717, 1.165) is 43.7 Å². The summed E-state index contributed by atoms with van der Waals surface area (Å²) in [6.07, 6.45) is 10.7. The third kappa shape index (κ3) is 2.70. The Labute approximate surface area is 135 Å². The molecule has 3 heteroatoms. The average Bonchev–Trinajstić information content (AvgIpc) is 2.44. The van der Waals surface area contributed by atoms with Crippen molar-refractivity contribution in [1.29, 1.82) is 0 Å². The number of nitrogens with zero attached hydrogens (tertiary/aromatic N) is 1. The summed E-state index contributed by atoms with van der Waals surface area (Å²) in [4.78, 5) is 15.0. The number of rotatable bonds is 3. The van der Waals surface area contributed by atoms with Crippen molar-refractivity contribution >= 4 is 5.91 Å². The highest BCUT2D eigenvalue weighted by molar-refractivity contribution is 5.78. The first-order chi connectivity index (χ1) is 10.5. The van der Waals surface area contributed by atoms with E-state index >= 15 is 0 Å². The van der Waals surface area contributed by atoms with Gasteiger partial charge in [0.15, 0.2) is 0 Å². The summed E-state index contributed by atoms with van der Waals surface area (Å²) in [5.41, 5.74) is 0.484. The van der Waals surface area contributed by atoms with Crippen molar-refractivity contribution in [2.24, 2.45) is 29.1 Å². The number of hydrogen-bond donors (Lipinski definition) is 1. The number of piperidine rings is 1. The molecule has 1 amide bonds. The van der Waals surface area contributed by atoms with Gasteiger partial charge in [0.25, 0.3) is 0 Å². The second-order valence-electron chi connectivity index (χ2n) is 9.19. The molecule has 0 unspecified atom stereocenters. The van der Waals surface area contributed by atoms with Crippen LogP contribution in [0.1, 0.15) is 58.3 Å². The summed E-state index contributed by atoms with van der Waals surface area (Å²) in [7, 11) is 2.08. The lowest BCUT2D eigenvalue weighted by molar-refractivity contribution is -0.140. The molecule has 0 aromatic heterocycles. The molecule has 1 saturated heterocycles. The van der Waals surface area contributed by atoms with Crippen LogP contribution in [-0.4, -0.2) is 37.0 Å². The molecule has 1 aliphatic heterocycles. The van der Waals surface area contributed by atoms with Crippen LogP contribution in [0.4, 0.5) is 0 Å². The Morgan fingerprint density at radius 2 is 1.68 bits per heavy atom. The molecule has 0 radical (unpaired) electrons. The summed E-state index contributed by atoms with van der Waals surface area (Å²) in [6, 6.07) is 0.496. The van der Waals surface area contributed by atoms with Gasteiger partial charge in [-0.3, -0.25) is 4.79 Å². The Kier molecular flexibility index (Phi) is 3.75. The lowest BCUT2D eigenvalue weighted by atomic mass is 9.49. The van der Waals surface area contributed by atoms with Gasteiger partial charge in [-0.25, -0.2) is 0 Å². The molecule has 2 atom stereocenters. The molecule has 4 aliphatic carbocycles. The maximum Gasteiger partial charge on any atom is 0.225 e. The highest BCUT2D eigenvalue weighted by atomic mass is 16.2. The van der Waals surface area contributed by atoms with Crippen LogP contribution >= 0.6 is 0 Å². The van der Waals surface area contributed by atoms with Gasteiger partial charge in [0.2, 0.25) is 5.91 Å². The van der Waals surface area contributed by atoms with E-state index in [1.165, 1.54) is 38.5 Å². The molecule has 5 rings (SSSR count). The zero-order chi connectivity index (χ0) is 15.3. The minimum Gasteiger partial charge on any atom is -0.345 e. The van der Waals surface area contributed by atoms with Gasteiger partial charge in [-0.15, -0.1) is 0 Å². The molecule has 5 aliphatic rings. The Balaban J connectivity index is 1.41. The van der Waals surface area contributed by atoms with E-state index < -0.39 is 0 Å². The number of hydrogen-bond acceptors (Lipinski definition) is 2. The smallest absolute Gasteiger partial charge is 0.225 e. The van der Waals surface area contributed by atoms with Crippen molar-refractivity contribution in [3.05, 3.63) is 0 Å². The van der Waals surface area contributed by atoms with Crippen molar-refractivity contribution in [3.8, 4) is 0 Å². The zero-order valence-electron chi connectivity index (χ0n) is 14.3. The first-order valence-corrected chi connectivity index (χ1v) is 9.51. The first kappa shape index (κ1) is 15.0. The van der Waals surface area contributed by atoms with Crippen molar-refractivity contribution in [3.63, 3.8) is 0 Å². The van der Waals surface area contributed by atoms with Crippen molar-refractivity contribution < 1.29 is 4.79 Å². The molecule has 0 aromatic rings. The molecular formula is C19H32N2O. The molecule has 0 aromatic carbocycles. The van der Waals surface area contributed by atoms with Gasteiger partial charge in [0, 0.05) is 25.6 Å². The lowest BCUT2D eigenvalue weighted by Gasteiger charge is -2.57. The Hall–Kier alpha value is -0.570. The summed E-state index contributed by atoms with van der Waals surface area (Å²) in [6.45, 7) is 4.24. The van der Waals surface area contributed by atoms with Gasteiger partial charge in [-0.1, -0.05) is 0 Å². The van der Waals surface area contributed by atoms with E-state index in [9.17, 15) is 4.79 Å². The molecule has 0 spiro atoms. The third-order valence-electron chi connectivity index (χ3n) is 7.09. The fourth-order valence-corrected chi connectivity index (χ4v) is 6.73. The predicted octanol–water partition coefficient (Wildman–Crippen LogP) is 3.05. The van der Waals surface area contributed by atoms with E-state index in [-0.39, 0.29) is 5.92 Å². The van der Waals surface area contributed by atoms with E-state index in [1.807, 2.05) is 0 Å². The predicted molar refractivity (Wildman–Crippen MR) is 88.4 cm³/mol. The molecule has 4 saturated carbocycles. The van der Waals surface area contributed by atoms with Crippen LogP contribution in [-0.2, 0) is 4.79 Å². The molecule has 1 heterocycles. The SMILES string of the molecule is C[C@H]1C[C@@H](C(=O)N(C)CC23CC4CC(CC(C4)C2)C3)CCN1. The standard InChI is InChI=1S/C19H32N2O/c1-13-5-17(3-4-20-13)18(22)21(2)12-19-9-14-6-15(10-19)8-16(7-14)11-19/h13-17,20H,3-12H2,1-2H3/t13-,14?,15?,16?,17-,19?/m0/s1. The second-order valence-corrected chi connectivity index (χ2v) is 9.19. The maximum atomic E-state index is 12.9. The lowest BCUT2D eigenvalue weighted by Crippen LogP contribution is -2.52. The van der Waals surface area contributed by atoms with Crippen LogP contribution in [0.15, 0.2) is 0 Å². The van der Waals surface area contributed by atoms with E-state index in [2.05, 4.69) is 24.2 Å². The van der Waals surface area contributed by atoms with Crippen LogP contribution in [0.2, 0.25) is 0 Å². The summed E-state index contributed by atoms with van der Waals surface area (Å²) < 4.78 is 0. The van der Waals surface area contributed by atoms with Crippen LogP contribution in [0.25, 0.3) is 0 Å². The highest BCUT2D eigenvalue weighted by Crippen LogP contribution is 2.60. The quantitative estimate of drug-likeness (QED) is 0.869. The molecule has 22 heavy (non-hydrogen) atoms. The monoisotopic (exact) mass is 304 g/mol. The highest BCUT2D eigenvalue weighted by Gasteiger charge is 2.51. The number of carbonyl (C=O) groups is 1. The van der Waals surface area contributed by atoms with Crippen molar-refractivity contribution in [2.45, 2.75) is 64.3 Å².